The standard InChI is InChI=1S/C19H38N2/c1-5-18(6-2)10-12-21(13-11-18)19(15-20)9-7-8-17(14-19)16(3)4/h16-17H,5-15,20H2,1-4H3. The van der Waals surface area contributed by atoms with Crippen molar-refractivity contribution in [3.05, 3.63) is 0 Å². The van der Waals surface area contributed by atoms with Crippen LogP contribution in [-0.2, 0) is 0 Å². The molecule has 2 N–H and O–H groups in total. The zero-order chi connectivity index (χ0) is 15.5. The zero-order valence-electron chi connectivity index (χ0n) is 15.0. The molecular formula is C19H38N2. The third-order valence-corrected chi connectivity index (χ3v) is 7.18. The minimum Gasteiger partial charge on any atom is -0.329 e. The van der Waals surface area contributed by atoms with Crippen LogP contribution in [0, 0.1) is 17.3 Å². The molecule has 2 rings (SSSR count). The summed E-state index contributed by atoms with van der Waals surface area (Å²) in [4.78, 5) is 2.80. The predicted molar refractivity (Wildman–Crippen MR) is 92.4 cm³/mol. The molecule has 2 atom stereocenters. The number of nitrogens with two attached hydrogens (primary N) is 1. The molecule has 1 heterocycles. The summed E-state index contributed by atoms with van der Waals surface area (Å²) in [6.07, 6.45) is 10.9. The number of hydrogen-bond acceptors (Lipinski definition) is 2. The Bertz CT molecular complexity index is 312. The number of nitrogens with zero attached hydrogens (tertiary/aromatic N) is 1. The second-order valence-electron chi connectivity index (χ2n) is 8.22. The van der Waals surface area contributed by atoms with Gasteiger partial charge < -0.3 is 5.73 Å². The summed E-state index contributed by atoms with van der Waals surface area (Å²) in [6.45, 7) is 13.0. The normalized spacial score (nSPS) is 34.3. The van der Waals surface area contributed by atoms with Crippen LogP contribution < -0.4 is 5.73 Å². The maximum absolute atomic E-state index is 6.32. The summed E-state index contributed by atoms with van der Waals surface area (Å²) in [5, 5.41) is 0. The molecule has 2 heteroatoms. The molecule has 1 aliphatic carbocycles. The molecule has 0 amide bonds. The van der Waals surface area contributed by atoms with Gasteiger partial charge in [-0.3, -0.25) is 4.90 Å². The van der Waals surface area contributed by atoms with E-state index in [0.29, 0.717) is 11.0 Å². The Morgan fingerprint density at radius 1 is 1.10 bits per heavy atom. The van der Waals surface area contributed by atoms with Crippen LogP contribution in [0.2, 0.25) is 0 Å². The summed E-state index contributed by atoms with van der Waals surface area (Å²) >= 11 is 0. The lowest BCUT2D eigenvalue weighted by Gasteiger charge is -2.53. The van der Waals surface area contributed by atoms with Gasteiger partial charge in [-0.1, -0.05) is 53.4 Å². The van der Waals surface area contributed by atoms with Crippen LogP contribution in [0.15, 0.2) is 0 Å². The van der Waals surface area contributed by atoms with Crippen molar-refractivity contribution < 1.29 is 0 Å². The van der Waals surface area contributed by atoms with Crippen molar-refractivity contribution in [3.63, 3.8) is 0 Å². The molecule has 1 saturated heterocycles. The Labute approximate surface area is 132 Å². The highest BCUT2D eigenvalue weighted by molar-refractivity contribution is 5.00. The third kappa shape index (κ3) is 3.47. The molecule has 0 aromatic heterocycles. The van der Waals surface area contributed by atoms with Gasteiger partial charge in [0, 0.05) is 12.1 Å². The Hall–Kier alpha value is -0.0800. The fourth-order valence-corrected chi connectivity index (χ4v) is 4.97. The quantitative estimate of drug-likeness (QED) is 0.812. The van der Waals surface area contributed by atoms with Gasteiger partial charge in [0.05, 0.1) is 0 Å². The Kier molecular flexibility index (Phi) is 5.76. The first kappa shape index (κ1) is 17.3. The molecule has 124 valence electrons. The van der Waals surface area contributed by atoms with Crippen LogP contribution >= 0.6 is 0 Å². The van der Waals surface area contributed by atoms with Crippen molar-refractivity contribution in [2.75, 3.05) is 19.6 Å². The topological polar surface area (TPSA) is 29.3 Å². The smallest absolute Gasteiger partial charge is 0.0334 e. The Morgan fingerprint density at radius 3 is 2.19 bits per heavy atom. The molecule has 0 aromatic carbocycles. The molecule has 2 fully saturated rings. The summed E-state index contributed by atoms with van der Waals surface area (Å²) in [5.41, 5.74) is 7.27. The van der Waals surface area contributed by atoms with E-state index in [0.717, 1.165) is 18.4 Å². The van der Waals surface area contributed by atoms with Gasteiger partial charge >= 0.3 is 0 Å². The molecule has 1 saturated carbocycles. The molecule has 21 heavy (non-hydrogen) atoms. The van der Waals surface area contributed by atoms with Gasteiger partial charge in [0.1, 0.15) is 0 Å². The minimum absolute atomic E-state index is 0.320. The first-order valence-corrected chi connectivity index (χ1v) is 9.46. The molecule has 2 nitrogen and oxygen atoms in total. The van der Waals surface area contributed by atoms with Crippen molar-refractivity contribution in [3.8, 4) is 0 Å². The van der Waals surface area contributed by atoms with Crippen LogP contribution in [-0.4, -0.2) is 30.1 Å². The molecule has 2 aliphatic rings. The van der Waals surface area contributed by atoms with E-state index in [1.807, 2.05) is 0 Å². The van der Waals surface area contributed by atoms with E-state index >= 15 is 0 Å². The number of rotatable bonds is 5. The van der Waals surface area contributed by atoms with Crippen LogP contribution in [0.25, 0.3) is 0 Å². The average molecular weight is 295 g/mol. The van der Waals surface area contributed by atoms with Crippen molar-refractivity contribution in [1.29, 1.82) is 0 Å². The molecule has 0 spiro atoms. The van der Waals surface area contributed by atoms with Gasteiger partial charge in [0.2, 0.25) is 0 Å². The maximum atomic E-state index is 6.32. The average Bonchev–Trinajstić information content (AvgIpc) is 2.55. The van der Waals surface area contributed by atoms with Gasteiger partial charge in [-0.15, -0.1) is 0 Å². The first-order valence-electron chi connectivity index (χ1n) is 9.46. The zero-order valence-corrected chi connectivity index (χ0v) is 15.0. The van der Waals surface area contributed by atoms with Gasteiger partial charge in [0.15, 0.2) is 0 Å². The first-order chi connectivity index (χ1) is 10.0. The van der Waals surface area contributed by atoms with Gasteiger partial charge in [-0.2, -0.15) is 0 Å². The van der Waals surface area contributed by atoms with E-state index in [9.17, 15) is 0 Å². The highest BCUT2D eigenvalue weighted by Gasteiger charge is 2.43. The molecule has 1 aliphatic heterocycles. The van der Waals surface area contributed by atoms with E-state index in [4.69, 9.17) is 5.73 Å². The van der Waals surface area contributed by atoms with E-state index < -0.39 is 0 Å². The monoisotopic (exact) mass is 294 g/mol. The summed E-state index contributed by atoms with van der Waals surface area (Å²) in [7, 11) is 0. The van der Waals surface area contributed by atoms with Crippen molar-refractivity contribution in [2.45, 2.75) is 84.6 Å². The van der Waals surface area contributed by atoms with E-state index in [1.54, 1.807) is 0 Å². The highest BCUT2D eigenvalue weighted by Crippen LogP contribution is 2.44. The van der Waals surface area contributed by atoms with Crippen molar-refractivity contribution in [1.82, 2.24) is 4.90 Å². The van der Waals surface area contributed by atoms with Crippen LogP contribution in [0.4, 0.5) is 0 Å². The Balaban J connectivity index is 2.05. The van der Waals surface area contributed by atoms with E-state index in [1.165, 1.54) is 64.5 Å². The molecule has 0 aromatic rings. The molecular weight excluding hydrogens is 256 g/mol. The predicted octanol–water partition coefficient (Wildman–Crippen LogP) is 4.43. The van der Waals surface area contributed by atoms with Crippen LogP contribution in [0.3, 0.4) is 0 Å². The number of hydrogen-bond donors (Lipinski definition) is 1. The third-order valence-electron chi connectivity index (χ3n) is 7.18. The second-order valence-corrected chi connectivity index (χ2v) is 8.22. The summed E-state index contributed by atoms with van der Waals surface area (Å²) < 4.78 is 0. The van der Waals surface area contributed by atoms with Crippen molar-refractivity contribution >= 4 is 0 Å². The number of likely N-dealkylation sites (tertiary alicyclic amines) is 1. The number of piperidine rings is 1. The fraction of sp³-hybridized carbons (Fsp3) is 1.00. The van der Waals surface area contributed by atoms with E-state index in [-0.39, 0.29) is 0 Å². The van der Waals surface area contributed by atoms with Crippen LogP contribution in [0.1, 0.15) is 79.1 Å². The summed E-state index contributed by atoms with van der Waals surface area (Å²) in [6, 6.07) is 0. The van der Waals surface area contributed by atoms with E-state index in [2.05, 4.69) is 32.6 Å². The SMILES string of the molecule is CCC1(CC)CCN(C2(CN)CCCC(C(C)C)C2)CC1. The molecule has 2 unspecified atom stereocenters. The molecule has 0 radical (unpaired) electrons. The maximum Gasteiger partial charge on any atom is 0.0334 e. The minimum atomic E-state index is 0.320. The van der Waals surface area contributed by atoms with Crippen molar-refractivity contribution in [2.24, 2.45) is 23.0 Å². The van der Waals surface area contributed by atoms with Gasteiger partial charge in [0.25, 0.3) is 0 Å². The second kappa shape index (κ2) is 7.00. The summed E-state index contributed by atoms with van der Waals surface area (Å²) in [5.74, 6) is 1.69. The lowest BCUT2D eigenvalue weighted by Crippen LogP contribution is -2.59. The van der Waals surface area contributed by atoms with Gasteiger partial charge in [-0.25, -0.2) is 0 Å². The lowest BCUT2D eigenvalue weighted by molar-refractivity contribution is -0.0208. The van der Waals surface area contributed by atoms with Gasteiger partial charge in [-0.05, 0) is 56.0 Å². The Morgan fingerprint density at radius 2 is 1.71 bits per heavy atom. The molecule has 0 bridgehead atoms. The fourth-order valence-electron chi connectivity index (χ4n) is 4.97. The van der Waals surface area contributed by atoms with Crippen LogP contribution in [0.5, 0.6) is 0 Å². The highest BCUT2D eigenvalue weighted by atomic mass is 15.2. The largest absolute Gasteiger partial charge is 0.329 e. The lowest BCUT2D eigenvalue weighted by atomic mass is 9.68.